The van der Waals surface area contributed by atoms with Crippen molar-refractivity contribution >= 4 is 34.1 Å². The zero-order valence-corrected chi connectivity index (χ0v) is 13.6. The third-order valence-electron chi connectivity index (χ3n) is 3.50. The molecule has 0 spiro atoms. The molecule has 0 aliphatic carbocycles. The summed E-state index contributed by atoms with van der Waals surface area (Å²) < 4.78 is 5.71. The first-order valence-corrected chi connectivity index (χ1v) is 8.51. The lowest BCUT2D eigenvalue weighted by molar-refractivity contribution is 0.529. The van der Waals surface area contributed by atoms with Gasteiger partial charge in [0, 0.05) is 17.0 Å². The summed E-state index contributed by atoms with van der Waals surface area (Å²) in [6.45, 7) is 0. The molecule has 0 saturated heterocycles. The van der Waals surface area contributed by atoms with Crippen molar-refractivity contribution in [3.63, 3.8) is 0 Å². The highest BCUT2D eigenvalue weighted by Crippen LogP contribution is 2.31. The quantitative estimate of drug-likeness (QED) is 0.679. The van der Waals surface area contributed by atoms with Crippen molar-refractivity contribution in [1.29, 1.82) is 0 Å². The van der Waals surface area contributed by atoms with E-state index in [1.54, 1.807) is 23.9 Å². The molecule has 0 atom stereocenters. The van der Waals surface area contributed by atoms with Crippen LogP contribution in [0, 0.1) is 0 Å². The van der Waals surface area contributed by atoms with Crippen LogP contribution in [0.1, 0.15) is 11.5 Å². The molecule has 0 N–H and O–H groups in total. The van der Waals surface area contributed by atoms with Crippen LogP contribution in [0.15, 0.2) is 57.9 Å². The summed E-state index contributed by atoms with van der Waals surface area (Å²) >= 11 is 7.52. The summed E-state index contributed by atoms with van der Waals surface area (Å²) in [6, 6.07) is 15.5. The molecule has 1 aromatic heterocycles. The lowest BCUT2D eigenvalue weighted by Crippen LogP contribution is -1.93. The smallest absolute Gasteiger partial charge is 0.247 e. The van der Waals surface area contributed by atoms with Gasteiger partial charge in [0.1, 0.15) is 0 Å². The molecule has 2 heterocycles. The fourth-order valence-electron chi connectivity index (χ4n) is 2.36. The van der Waals surface area contributed by atoms with E-state index in [2.05, 4.69) is 21.3 Å². The van der Waals surface area contributed by atoms with Crippen molar-refractivity contribution in [3.05, 3.63) is 65.0 Å². The van der Waals surface area contributed by atoms with Crippen LogP contribution in [-0.2, 0) is 12.2 Å². The molecule has 114 valence electrons. The standard InChI is InChI=1S/C17H12ClN3OS/c18-13-7-5-11(6-8-13)17-21-20-15(22-17)10-23-16-9-12-3-1-2-4-14(12)19-16/h1-8H,9-10H2. The fraction of sp³-hybridized carbons (Fsp3) is 0.118. The summed E-state index contributed by atoms with van der Waals surface area (Å²) in [7, 11) is 0. The molecule has 0 unspecified atom stereocenters. The van der Waals surface area contributed by atoms with Crippen LogP contribution in [-0.4, -0.2) is 15.2 Å². The van der Waals surface area contributed by atoms with Gasteiger partial charge in [0.05, 0.1) is 16.5 Å². The van der Waals surface area contributed by atoms with Gasteiger partial charge in [-0.3, -0.25) is 0 Å². The van der Waals surface area contributed by atoms with Gasteiger partial charge >= 0.3 is 0 Å². The van der Waals surface area contributed by atoms with Gasteiger partial charge in [0.2, 0.25) is 11.8 Å². The molecule has 23 heavy (non-hydrogen) atoms. The Morgan fingerprint density at radius 2 is 1.87 bits per heavy atom. The van der Waals surface area contributed by atoms with Crippen molar-refractivity contribution in [2.75, 3.05) is 0 Å². The van der Waals surface area contributed by atoms with E-state index in [0.717, 1.165) is 22.7 Å². The topological polar surface area (TPSA) is 51.3 Å². The Kier molecular flexibility index (Phi) is 3.89. The number of aliphatic imine (C=N–C) groups is 1. The van der Waals surface area contributed by atoms with E-state index >= 15 is 0 Å². The Morgan fingerprint density at radius 1 is 1.04 bits per heavy atom. The third-order valence-corrected chi connectivity index (χ3v) is 4.71. The van der Waals surface area contributed by atoms with Gasteiger partial charge in [-0.1, -0.05) is 29.8 Å². The van der Waals surface area contributed by atoms with Crippen LogP contribution in [0.5, 0.6) is 0 Å². The van der Waals surface area contributed by atoms with Crippen LogP contribution in [0.3, 0.4) is 0 Å². The van der Waals surface area contributed by atoms with E-state index in [1.807, 2.05) is 30.3 Å². The second-order valence-corrected chi connectivity index (χ2v) is 6.59. The number of rotatable bonds is 3. The van der Waals surface area contributed by atoms with Gasteiger partial charge in [0.15, 0.2) is 0 Å². The Labute approximate surface area is 142 Å². The first-order valence-electron chi connectivity index (χ1n) is 7.14. The molecule has 0 amide bonds. The molecular weight excluding hydrogens is 330 g/mol. The van der Waals surface area contributed by atoms with Gasteiger partial charge in [0.25, 0.3) is 0 Å². The summed E-state index contributed by atoms with van der Waals surface area (Å²) in [5.74, 6) is 1.72. The van der Waals surface area contributed by atoms with E-state index < -0.39 is 0 Å². The van der Waals surface area contributed by atoms with Crippen molar-refractivity contribution in [2.45, 2.75) is 12.2 Å². The van der Waals surface area contributed by atoms with E-state index in [4.69, 9.17) is 16.0 Å². The predicted molar refractivity (Wildman–Crippen MR) is 93.3 cm³/mol. The number of para-hydroxylation sites is 1. The van der Waals surface area contributed by atoms with E-state index in [9.17, 15) is 0 Å². The zero-order valence-electron chi connectivity index (χ0n) is 12.1. The summed E-state index contributed by atoms with van der Waals surface area (Å²) in [6.07, 6.45) is 0.874. The van der Waals surface area contributed by atoms with Crippen molar-refractivity contribution in [1.82, 2.24) is 10.2 Å². The van der Waals surface area contributed by atoms with Gasteiger partial charge in [-0.2, -0.15) is 0 Å². The molecule has 0 bridgehead atoms. The molecule has 1 aliphatic heterocycles. The number of hydrogen-bond donors (Lipinski definition) is 0. The Balaban J connectivity index is 1.42. The lowest BCUT2D eigenvalue weighted by atomic mass is 10.2. The number of benzene rings is 2. The fourth-order valence-corrected chi connectivity index (χ4v) is 3.31. The molecular formula is C17H12ClN3OS. The highest BCUT2D eigenvalue weighted by atomic mass is 35.5. The predicted octanol–water partition coefficient (Wildman–Crippen LogP) is 4.91. The van der Waals surface area contributed by atoms with Crippen LogP contribution in [0.4, 0.5) is 5.69 Å². The molecule has 4 nitrogen and oxygen atoms in total. The Hall–Kier alpha value is -2.11. The van der Waals surface area contributed by atoms with Crippen LogP contribution in [0.25, 0.3) is 11.5 Å². The van der Waals surface area contributed by atoms with E-state index in [-0.39, 0.29) is 0 Å². The maximum Gasteiger partial charge on any atom is 0.247 e. The van der Waals surface area contributed by atoms with Gasteiger partial charge in [-0.05, 0) is 35.9 Å². The third kappa shape index (κ3) is 3.16. The van der Waals surface area contributed by atoms with E-state index in [0.29, 0.717) is 22.6 Å². The number of aromatic nitrogens is 2. The largest absolute Gasteiger partial charge is 0.420 e. The highest BCUT2D eigenvalue weighted by molar-refractivity contribution is 8.13. The van der Waals surface area contributed by atoms with Crippen molar-refractivity contribution in [3.8, 4) is 11.5 Å². The number of nitrogens with zero attached hydrogens (tertiary/aromatic N) is 3. The Morgan fingerprint density at radius 3 is 2.70 bits per heavy atom. The number of halogens is 1. The number of hydrogen-bond acceptors (Lipinski definition) is 5. The summed E-state index contributed by atoms with van der Waals surface area (Å²) in [5, 5.41) is 9.95. The molecule has 3 aromatic rings. The molecule has 2 aromatic carbocycles. The van der Waals surface area contributed by atoms with Crippen LogP contribution < -0.4 is 0 Å². The molecule has 1 aliphatic rings. The molecule has 0 radical (unpaired) electrons. The van der Waals surface area contributed by atoms with Crippen LogP contribution >= 0.6 is 23.4 Å². The minimum atomic E-state index is 0.508. The van der Waals surface area contributed by atoms with Crippen molar-refractivity contribution in [2.24, 2.45) is 4.99 Å². The first-order chi connectivity index (χ1) is 11.3. The second kappa shape index (κ2) is 6.18. The van der Waals surface area contributed by atoms with Crippen LogP contribution in [0.2, 0.25) is 5.02 Å². The summed E-state index contributed by atoms with van der Waals surface area (Å²) in [4.78, 5) is 4.62. The Bertz CT molecular complexity index is 874. The monoisotopic (exact) mass is 341 g/mol. The normalized spacial score (nSPS) is 13.0. The van der Waals surface area contributed by atoms with Gasteiger partial charge in [-0.15, -0.1) is 22.0 Å². The molecule has 0 saturated carbocycles. The minimum Gasteiger partial charge on any atom is -0.420 e. The molecule has 0 fully saturated rings. The maximum absolute atomic E-state index is 5.88. The number of thioether (sulfide) groups is 1. The highest BCUT2D eigenvalue weighted by Gasteiger charge is 2.16. The SMILES string of the molecule is Clc1ccc(-c2nnc(CSC3=Nc4ccccc4C3)o2)cc1. The second-order valence-electron chi connectivity index (χ2n) is 5.11. The minimum absolute atomic E-state index is 0.508. The average Bonchev–Trinajstić information content (AvgIpc) is 3.20. The lowest BCUT2D eigenvalue weighted by Gasteiger charge is -1.97. The molecule has 4 rings (SSSR count). The molecule has 6 heteroatoms. The van der Waals surface area contributed by atoms with Gasteiger partial charge in [-0.25, -0.2) is 4.99 Å². The van der Waals surface area contributed by atoms with Gasteiger partial charge < -0.3 is 4.42 Å². The zero-order chi connectivity index (χ0) is 15.6. The van der Waals surface area contributed by atoms with Crippen molar-refractivity contribution < 1.29 is 4.42 Å². The van der Waals surface area contributed by atoms with E-state index in [1.165, 1.54) is 5.56 Å². The number of fused-ring (bicyclic) bond motifs is 1. The summed E-state index contributed by atoms with van der Waals surface area (Å²) in [5.41, 5.74) is 3.19. The average molecular weight is 342 g/mol. The first kappa shape index (κ1) is 14.5. The maximum atomic E-state index is 5.88.